The summed E-state index contributed by atoms with van der Waals surface area (Å²) in [5.41, 5.74) is 9.00. The van der Waals surface area contributed by atoms with Gasteiger partial charge in [-0.05, 0) is 76.3 Å². The van der Waals surface area contributed by atoms with Crippen molar-refractivity contribution in [3.63, 3.8) is 0 Å². The molecule has 0 aliphatic heterocycles. The Morgan fingerprint density at radius 1 is 0.517 bits per heavy atom. The Labute approximate surface area is 348 Å². The quantitative estimate of drug-likeness (QED) is 0.124. The smallest absolute Gasteiger partial charge is 0.0999 e. The van der Waals surface area contributed by atoms with Crippen LogP contribution in [0.5, 0.6) is 0 Å². The molecule has 0 radical (unpaired) electrons. The van der Waals surface area contributed by atoms with Crippen LogP contribution < -0.4 is 0 Å². The number of aliphatic hydroxyl groups excluding tert-OH is 2. The monoisotopic (exact) mass is 810 g/mol. The molecule has 2 aliphatic carbocycles. The van der Waals surface area contributed by atoms with Crippen molar-refractivity contribution in [3.05, 3.63) is 86.5 Å². The van der Waals surface area contributed by atoms with E-state index in [2.05, 4.69) is 70.7 Å². The molecule has 10 rings (SSSR count). The normalized spacial score (nSPS) is 19.3. The van der Waals surface area contributed by atoms with E-state index >= 15 is 0 Å². The zero-order valence-corrected chi connectivity index (χ0v) is 34.8. The van der Waals surface area contributed by atoms with Gasteiger partial charge in [-0.1, -0.05) is 27.7 Å². The lowest BCUT2D eigenvalue weighted by Gasteiger charge is -2.14. The highest BCUT2D eigenvalue weighted by molar-refractivity contribution is 5.79. The number of fused-ring (bicyclic) bond motifs is 2. The molecule has 0 amide bonds. The fourth-order valence-corrected chi connectivity index (χ4v) is 8.97. The molecule has 312 valence electrons. The van der Waals surface area contributed by atoms with E-state index in [0.29, 0.717) is 12.1 Å². The molecule has 8 aromatic heterocycles. The van der Waals surface area contributed by atoms with Crippen molar-refractivity contribution in [2.45, 2.75) is 128 Å². The summed E-state index contributed by atoms with van der Waals surface area (Å²) in [5, 5.41) is 47.5. The van der Waals surface area contributed by atoms with Crippen molar-refractivity contribution >= 4 is 11.0 Å². The van der Waals surface area contributed by atoms with E-state index in [4.69, 9.17) is 9.97 Å². The summed E-state index contributed by atoms with van der Waals surface area (Å²) in [6.07, 6.45) is 32.1. The van der Waals surface area contributed by atoms with Gasteiger partial charge in [-0.25, -0.2) is 19.0 Å². The Kier molecular flexibility index (Phi) is 11.1. The molecule has 0 saturated heterocycles. The van der Waals surface area contributed by atoms with Crippen molar-refractivity contribution < 1.29 is 10.2 Å². The highest BCUT2D eigenvalue weighted by atomic mass is 16.3. The molecule has 8 aromatic rings. The van der Waals surface area contributed by atoms with Gasteiger partial charge >= 0.3 is 0 Å². The number of hydrogen-bond acceptors (Lipinski definition) is 10. The summed E-state index contributed by atoms with van der Waals surface area (Å²) in [5.74, 6) is 0. The lowest BCUT2D eigenvalue weighted by atomic mass is 10.1. The van der Waals surface area contributed by atoms with Crippen molar-refractivity contribution in [2.75, 3.05) is 0 Å². The summed E-state index contributed by atoms with van der Waals surface area (Å²) < 4.78 is 11.5. The Morgan fingerprint density at radius 2 is 0.933 bits per heavy atom. The van der Waals surface area contributed by atoms with E-state index < -0.39 is 0 Å². The zero-order valence-electron chi connectivity index (χ0n) is 34.8. The van der Waals surface area contributed by atoms with E-state index in [9.17, 15) is 10.2 Å². The first kappa shape index (κ1) is 39.5. The fraction of sp³-hybridized carbons (Fsp3) is 0.455. The highest BCUT2D eigenvalue weighted by Crippen LogP contribution is 2.34. The maximum absolute atomic E-state index is 10.2. The molecular formula is C44H54N14O2. The molecule has 0 bridgehead atoms. The number of nitrogens with zero attached hydrogens (tertiary/aromatic N) is 14. The molecule has 2 aliphatic rings. The minimum atomic E-state index is -0.328. The zero-order chi connectivity index (χ0) is 41.3. The molecule has 60 heavy (non-hydrogen) atoms. The van der Waals surface area contributed by atoms with Gasteiger partial charge in [0, 0.05) is 47.0 Å². The summed E-state index contributed by atoms with van der Waals surface area (Å²) in [7, 11) is 0. The van der Waals surface area contributed by atoms with Gasteiger partial charge in [0.2, 0.25) is 0 Å². The molecule has 16 nitrogen and oxygen atoms in total. The van der Waals surface area contributed by atoms with E-state index in [1.54, 1.807) is 12.4 Å². The average Bonchev–Trinajstić information content (AvgIpc) is 4.10. The van der Waals surface area contributed by atoms with Crippen LogP contribution in [0.2, 0.25) is 0 Å². The van der Waals surface area contributed by atoms with E-state index in [-0.39, 0.29) is 24.3 Å². The Hall–Kier alpha value is -6.00. The predicted molar refractivity (Wildman–Crippen MR) is 228 cm³/mol. The molecule has 16 heteroatoms. The van der Waals surface area contributed by atoms with Crippen molar-refractivity contribution in [1.29, 1.82) is 0 Å². The van der Waals surface area contributed by atoms with Crippen LogP contribution in [0.4, 0.5) is 0 Å². The third-order valence-corrected chi connectivity index (χ3v) is 12.5. The first-order valence-corrected chi connectivity index (χ1v) is 21.6. The molecule has 4 atom stereocenters. The molecule has 2 saturated carbocycles. The molecule has 0 aromatic carbocycles. The third-order valence-electron chi connectivity index (χ3n) is 12.5. The lowest BCUT2D eigenvalue weighted by Crippen LogP contribution is -2.18. The number of aromatic nitrogens is 14. The van der Waals surface area contributed by atoms with Gasteiger partial charge in [0.15, 0.2) is 0 Å². The third kappa shape index (κ3) is 7.53. The molecule has 8 heterocycles. The van der Waals surface area contributed by atoms with Crippen LogP contribution in [0.1, 0.15) is 116 Å². The van der Waals surface area contributed by atoms with Crippen molar-refractivity contribution in [1.82, 2.24) is 68.3 Å². The SMILES string of the molecule is CCC(CC)n1cc(-c2nc(-c3cnn(C4CCC[C@@H]4O)c3)cn3nccc23)cn1.CCC(CC)n1cc(-c2nc(-c3cnn([C@H]4CCC[C@H]4O)c3)cn3nccc23)cn1. The lowest BCUT2D eigenvalue weighted by molar-refractivity contribution is 0.130. The van der Waals surface area contributed by atoms with Crippen molar-refractivity contribution in [3.8, 4) is 45.0 Å². The number of aliphatic hydroxyl groups is 2. The Bertz CT molecular complexity index is 2490. The molecule has 2 fully saturated rings. The standard InChI is InChI=1S/2C22H27N7O/c2*1-3-17(4-2)27-13-16(11-24-27)22-20-8-9-23-29(20)14-18(26-22)15-10-25-28(12-15)19-6-5-7-21(19)30/h2*8-14,17,19,21,30H,3-7H2,1-2H3/t19?,21-;19-,21+/m00/s1. The van der Waals surface area contributed by atoms with Gasteiger partial charge in [-0.15, -0.1) is 0 Å². The van der Waals surface area contributed by atoms with E-state index in [0.717, 1.165) is 120 Å². The number of hydrogen-bond donors (Lipinski definition) is 2. The van der Waals surface area contributed by atoms with Crippen LogP contribution in [0, 0.1) is 0 Å². The van der Waals surface area contributed by atoms with Crippen LogP contribution in [-0.2, 0) is 0 Å². The van der Waals surface area contributed by atoms with E-state index in [1.807, 2.05) is 89.5 Å². The second kappa shape index (κ2) is 16.9. The summed E-state index contributed by atoms with van der Waals surface area (Å²) in [4.78, 5) is 9.93. The van der Waals surface area contributed by atoms with Gasteiger partial charge in [-0.2, -0.15) is 30.6 Å². The number of rotatable bonds is 12. The minimum Gasteiger partial charge on any atom is -0.391 e. The topological polar surface area (TPSA) is 172 Å². The van der Waals surface area contributed by atoms with Gasteiger partial charge in [0.25, 0.3) is 0 Å². The predicted octanol–water partition coefficient (Wildman–Crippen LogP) is 7.81. The first-order valence-electron chi connectivity index (χ1n) is 21.6. The van der Waals surface area contributed by atoms with Crippen LogP contribution in [0.25, 0.3) is 56.1 Å². The largest absolute Gasteiger partial charge is 0.391 e. The van der Waals surface area contributed by atoms with Crippen molar-refractivity contribution in [2.24, 2.45) is 0 Å². The second-order valence-electron chi connectivity index (χ2n) is 16.2. The summed E-state index contributed by atoms with van der Waals surface area (Å²) >= 11 is 0. The molecular weight excluding hydrogens is 757 g/mol. The molecule has 1 unspecified atom stereocenters. The highest BCUT2D eigenvalue weighted by Gasteiger charge is 2.29. The fourth-order valence-electron chi connectivity index (χ4n) is 8.97. The van der Waals surface area contributed by atoms with Gasteiger partial charge < -0.3 is 10.2 Å². The van der Waals surface area contributed by atoms with Gasteiger partial charge in [0.1, 0.15) is 0 Å². The maximum atomic E-state index is 10.2. The summed E-state index contributed by atoms with van der Waals surface area (Å²) in [6, 6.07) is 4.81. The van der Waals surface area contributed by atoms with Crippen LogP contribution in [-0.4, -0.2) is 90.7 Å². The molecule has 2 N–H and O–H groups in total. The van der Waals surface area contributed by atoms with Gasteiger partial charge in [0.05, 0.1) is 120 Å². The summed E-state index contributed by atoms with van der Waals surface area (Å²) in [6.45, 7) is 8.73. The maximum Gasteiger partial charge on any atom is 0.0999 e. The average molecular weight is 811 g/mol. The van der Waals surface area contributed by atoms with Crippen LogP contribution in [0.15, 0.2) is 86.5 Å². The molecule has 0 spiro atoms. The Balaban J connectivity index is 0.000000154. The van der Waals surface area contributed by atoms with Gasteiger partial charge in [-0.3, -0.25) is 18.7 Å². The minimum absolute atomic E-state index is 0.0462. The van der Waals surface area contributed by atoms with Crippen LogP contribution in [0.3, 0.4) is 0 Å². The first-order chi connectivity index (χ1) is 29.3. The second-order valence-corrected chi connectivity index (χ2v) is 16.2. The Morgan fingerprint density at radius 3 is 1.32 bits per heavy atom. The van der Waals surface area contributed by atoms with E-state index in [1.165, 1.54) is 0 Å². The van der Waals surface area contributed by atoms with Crippen LogP contribution >= 0.6 is 0 Å².